The van der Waals surface area contributed by atoms with Crippen molar-refractivity contribution in [3.05, 3.63) is 28.2 Å². The zero-order valence-corrected chi connectivity index (χ0v) is 13.6. The van der Waals surface area contributed by atoms with Crippen LogP contribution in [0.1, 0.15) is 36.0 Å². The minimum atomic E-state index is -3.01. The summed E-state index contributed by atoms with van der Waals surface area (Å²) in [6, 6.07) is 5.21. The number of halogens is 1. The Hall–Kier alpha value is -0.880. The Bertz CT molecular complexity index is 597. The number of aldehydes is 1. The topological polar surface area (TPSA) is 60.4 Å². The molecule has 110 valence electrons. The molecular formula is C14H17BrO4S. The van der Waals surface area contributed by atoms with Crippen LogP contribution in [0.25, 0.3) is 0 Å². The van der Waals surface area contributed by atoms with Gasteiger partial charge in [0.25, 0.3) is 0 Å². The maximum Gasteiger partial charge on any atom is 0.151 e. The van der Waals surface area contributed by atoms with E-state index in [0.29, 0.717) is 24.2 Å². The second kappa shape index (κ2) is 6.26. The highest BCUT2D eigenvalue weighted by Crippen LogP contribution is 2.29. The molecule has 1 aromatic carbocycles. The predicted molar refractivity (Wildman–Crippen MR) is 81.0 cm³/mol. The molecule has 4 nitrogen and oxygen atoms in total. The fraction of sp³-hybridized carbons (Fsp3) is 0.500. The van der Waals surface area contributed by atoms with E-state index in [1.54, 1.807) is 18.2 Å². The molecule has 0 amide bonds. The lowest BCUT2D eigenvalue weighted by atomic mass is 9.97. The number of hydrogen-bond acceptors (Lipinski definition) is 4. The Morgan fingerprint density at radius 1 is 1.35 bits per heavy atom. The van der Waals surface area contributed by atoms with Gasteiger partial charge in [-0.15, -0.1) is 0 Å². The zero-order chi connectivity index (χ0) is 14.8. The Balaban J connectivity index is 2.08. The van der Waals surface area contributed by atoms with Gasteiger partial charge in [-0.25, -0.2) is 8.42 Å². The first-order valence-corrected chi connectivity index (χ1v) is 9.25. The number of carbonyl (C=O) groups excluding carboxylic acids is 1. The lowest BCUT2D eigenvalue weighted by Gasteiger charge is -2.28. The molecule has 1 aliphatic rings. The summed E-state index contributed by atoms with van der Waals surface area (Å²) in [5.41, 5.74) is 0.526. The highest BCUT2D eigenvalue weighted by molar-refractivity contribution is 9.10. The maximum atomic E-state index is 11.6. The fourth-order valence-corrected chi connectivity index (χ4v) is 3.98. The molecule has 2 rings (SSSR count). The quantitative estimate of drug-likeness (QED) is 0.774. The SMILES string of the molecule is CS(=O)(=O)C1CCCC(Oc2ccc(Br)c(C=O)c2)C1. The van der Waals surface area contributed by atoms with E-state index in [9.17, 15) is 13.2 Å². The van der Waals surface area contributed by atoms with Crippen LogP contribution in [0.15, 0.2) is 22.7 Å². The summed E-state index contributed by atoms with van der Waals surface area (Å²) >= 11 is 3.29. The Morgan fingerprint density at radius 2 is 2.10 bits per heavy atom. The van der Waals surface area contributed by atoms with Crippen molar-refractivity contribution in [1.29, 1.82) is 0 Å². The zero-order valence-electron chi connectivity index (χ0n) is 11.2. The van der Waals surface area contributed by atoms with Crippen LogP contribution in [-0.2, 0) is 9.84 Å². The summed E-state index contributed by atoms with van der Waals surface area (Å²) in [6.07, 6.45) is 4.85. The highest BCUT2D eigenvalue weighted by atomic mass is 79.9. The number of ether oxygens (including phenoxy) is 1. The first kappa shape index (κ1) is 15.5. The molecule has 1 aliphatic carbocycles. The van der Waals surface area contributed by atoms with Crippen LogP contribution >= 0.6 is 15.9 Å². The lowest BCUT2D eigenvalue weighted by molar-refractivity contribution is 0.112. The molecule has 0 heterocycles. The maximum absolute atomic E-state index is 11.6. The van der Waals surface area contributed by atoms with E-state index in [1.807, 2.05) is 0 Å². The number of carbonyl (C=O) groups is 1. The van der Waals surface area contributed by atoms with Gasteiger partial charge in [-0.3, -0.25) is 4.79 Å². The smallest absolute Gasteiger partial charge is 0.151 e. The van der Waals surface area contributed by atoms with Gasteiger partial charge in [0.15, 0.2) is 6.29 Å². The molecule has 1 aromatic rings. The second-order valence-corrected chi connectivity index (χ2v) is 8.34. The van der Waals surface area contributed by atoms with Crippen LogP contribution in [0.2, 0.25) is 0 Å². The number of hydrogen-bond donors (Lipinski definition) is 0. The largest absolute Gasteiger partial charge is 0.490 e. The molecule has 1 saturated carbocycles. The van der Waals surface area contributed by atoms with Crippen LogP contribution in [0.3, 0.4) is 0 Å². The van der Waals surface area contributed by atoms with Gasteiger partial charge in [0.05, 0.1) is 11.4 Å². The summed E-state index contributed by atoms with van der Waals surface area (Å²) < 4.78 is 29.8. The molecule has 0 bridgehead atoms. The van der Waals surface area contributed by atoms with E-state index >= 15 is 0 Å². The normalized spacial score (nSPS) is 23.3. The van der Waals surface area contributed by atoms with Gasteiger partial charge in [0.2, 0.25) is 0 Å². The number of benzene rings is 1. The average molecular weight is 361 g/mol. The number of rotatable bonds is 4. The highest BCUT2D eigenvalue weighted by Gasteiger charge is 2.29. The van der Waals surface area contributed by atoms with Gasteiger partial charge < -0.3 is 4.74 Å². The van der Waals surface area contributed by atoms with Gasteiger partial charge in [0, 0.05) is 22.7 Å². The van der Waals surface area contributed by atoms with E-state index in [2.05, 4.69) is 15.9 Å². The van der Waals surface area contributed by atoms with Gasteiger partial charge in [-0.05, 0) is 37.5 Å². The summed E-state index contributed by atoms with van der Waals surface area (Å²) in [5.74, 6) is 0.606. The second-order valence-electron chi connectivity index (χ2n) is 5.16. The molecular weight excluding hydrogens is 344 g/mol. The minimum Gasteiger partial charge on any atom is -0.490 e. The van der Waals surface area contributed by atoms with Crippen molar-refractivity contribution in [1.82, 2.24) is 0 Å². The van der Waals surface area contributed by atoms with Gasteiger partial charge in [0.1, 0.15) is 15.6 Å². The van der Waals surface area contributed by atoms with Crippen LogP contribution in [0.4, 0.5) is 0 Å². The minimum absolute atomic E-state index is 0.107. The van der Waals surface area contributed by atoms with E-state index in [1.165, 1.54) is 6.26 Å². The standard InChI is InChI=1S/C14H17BrO4S/c1-20(17,18)13-4-2-3-11(8-13)19-12-5-6-14(15)10(7-12)9-16/h5-7,9,11,13H,2-4,8H2,1H3. The monoisotopic (exact) mass is 360 g/mol. The summed E-state index contributed by atoms with van der Waals surface area (Å²) in [6.45, 7) is 0. The summed E-state index contributed by atoms with van der Waals surface area (Å²) in [5, 5.41) is -0.317. The Kier molecular flexibility index (Phi) is 4.86. The molecule has 0 saturated heterocycles. The summed E-state index contributed by atoms with van der Waals surface area (Å²) in [4.78, 5) is 10.9. The lowest BCUT2D eigenvalue weighted by Crippen LogP contribution is -2.33. The van der Waals surface area contributed by atoms with Crippen molar-refractivity contribution in [2.45, 2.75) is 37.0 Å². The molecule has 0 aliphatic heterocycles. The van der Waals surface area contributed by atoms with E-state index in [-0.39, 0.29) is 11.4 Å². The fourth-order valence-electron chi connectivity index (χ4n) is 2.48. The van der Waals surface area contributed by atoms with Gasteiger partial charge in [-0.1, -0.05) is 15.9 Å². The average Bonchev–Trinajstić information content (AvgIpc) is 2.40. The van der Waals surface area contributed by atoms with Crippen LogP contribution < -0.4 is 4.74 Å². The van der Waals surface area contributed by atoms with E-state index < -0.39 is 9.84 Å². The van der Waals surface area contributed by atoms with Crippen LogP contribution in [0.5, 0.6) is 5.75 Å². The summed E-state index contributed by atoms with van der Waals surface area (Å²) in [7, 11) is -3.01. The van der Waals surface area contributed by atoms with Crippen molar-refractivity contribution >= 4 is 32.1 Å². The van der Waals surface area contributed by atoms with E-state index in [0.717, 1.165) is 23.6 Å². The van der Waals surface area contributed by atoms with Crippen LogP contribution in [0, 0.1) is 0 Å². The molecule has 0 N–H and O–H groups in total. The molecule has 0 spiro atoms. The van der Waals surface area contributed by atoms with E-state index in [4.69, 9.17) is 4.74 Å². The molecule has 2 atom stereocenters. The van der Waals surface area contributed by atoms with Crippen molar-refractivity contribution < 1.29 is 17.9 Å². The van der Waals surface area contributed by atoms with Crippen molar-refractivity contribution in [3.8, 4) is 5.75 Å². The Morgan fingerprint density at radius 3 is 2.75 bits per heavy atom. The molecule has 6 heteroatoms. The number of sulfone groups is 1. The van der Waals surface area contributed by atoms with Crippen molar-refractivity contribution in [2.24, 2.45) is 0 Å². The first-order chi connectivity index (χ1) is 9.40. The van der Waals surface area contributed by atoms with Crippen LogP contribution in [-0.4, -0.2) is 32.3 Å². The van der Waals surface area contributed by atoms with Crippen molar-refractivity contribution in [2.75, 3.05) is 6.26 Å². The Labute approximate surface area is 127 Å². The van der Waals surface area contributed by atoms with Crippen molar-refractivity contribution in [3.63, 3.8) is 0 Å². The molecule has 0 radical (unpaired) electrons. The first-order valence-electron chi connectivity index (χ1n) is 6.50. The third-order valence-electron chi connectivity index (χ3n) is 3.58. The molecule has 1 fully saturated rings. The predicted octanol–water partition coefficient (Wildman–Crippen LogP) is 3.00. The third-order valence-corrected chi connectivity index (χ3v) is 5.94. The molecule has 2 unspecified atom stereocenters. The molecule has 20 heavy (non-hydrogen) atoms. The van der Waals surface area contributed by atoms with Gasteiger partial charge in [-0.2, -0.15) is 0 Å². The van der Waals surface area contributed by atoms with Gasteiger partial charge >= 0.3 is 0 Å². The molecule has 0 aromatic heterocycles. The third kappa shape index (κ3) is 3.82.